The Balaban J connectivity index is 1.57. The SMILES string of the molecule is CCCC1CCC(c2noc(C(C)C3CNC3)n2)CC1. The lowest BCUT2D eigenvalue weighted by atomic mass is 9.80. The van der Waals surface area contributed by atoms with Crippen molar-refractivity contribution < 1.29 is 4.52 Å². The minimum atomic E-state index is 0.397. The summed E-state index contributed by atoms with van der Waals surface area (Å²) in [6.07, 6.45) is 7.85. The summed E-state index contributed by atoms with van der Waals surface area (Å²) >= 11 is 0. The maximum atomic E-state index is 5.52. The van der Waals surface area contributed by atoms with Gasteiger partial charge in [0.2, 0.25) is 5.89 Å². The van der Waals surface area contributed by atoms with E-state index in [4.69, 9.17) is 9.51 Å². The average Bonchev–Trinajstić information content (AvgIpc) is 2.87. The largest absolute Gasteiger partial charge is 0.339 e. The summed E-state index contributed by atoms with van der Waals surface area (Å²) in [4.78, 5) is 4.70. The highest BCUT2D eigenvalue weighted by Gasteiger charge is 2.31. The molecule has 20 heavy (non-hydrogen) atoms. The smallest absolute Gasteiger partial charge is 0.229 e. The first-order valence-electron chi connectivity index (χ1n) is 8.32. The van der Waals surface area contributed by atoms with Crippen molar-refractivity contribution in [3.63, 3.8) is 0 Å². The summed E-state index contributed by atoms with van der Waals surface area (Å²) < 4.78 is 5.52. The van der Waals surface area contributed by atoms with Crippen LogP contribution in [0.5, 0.6) is 0 Å². The molecule has 1 saturated carbocycles. The van der Waals surface area contributed by atoms with Gasteiger partial charge in [-0.1, -0.05) is 31.8 Å². The van der Waals surface area contributed by atoms with Gasteiger partial charge in [-0.3, -0.25) is 0 Å². The minimum Gasteiger partial charge on any atom is -0.339 e. The standard InChI is InChI=1S/C16H27N3O/c1-3-4-12-5-7-13(8-6-12)15-18-16(20-19-15)11(2)14-9-17-10-14/h11-14,17H,3-10H2,1-2H3. The molecule has 1 aliphatic heterocycles. The van der Waals surface area contributed by atoms with Crippen molar-refractivity contribution in [2.45, 2.75) is 64.2 Å². The van der Waals surface area contributed by atoms with Gasteiger partial charge in [0.15, 0.2) is 5.82 Å². The molecule has 2 fully saturated rings. The van der Waals surface area contributed by atoms with Crippen LogP contribution in [0.2, 0.25) is 0 Å². The van der Waals surface area contributed by atoms with Crippen LogP contribution in [0.15, 0.2) is 4.52 Å². The Morgan fingerprint density at radius 2 is 2.00 bits per heavy atom. The normalized spacial score (nSPS) is 29.1. The highest BCUT2D eigenvalue weighted by molar-refractivity contribution is 5.03. The van der Waals surface area contributed by atoms with Crippen LogP contribution in [0.1, 0.15) is 75.9 Å². The summed E-state index contributed by atoms with van der Waals surface area (Å²) in [6.45, 7) is 6.66. The van der Waals surface area contributed by atoms with E-state index in [1.54, 1.807) is 0 Å². The average molecular weight is 277 g/mol. The van der Waals surface area contributed by atoms with Gasteiger partial charge in [-0.2, -0.15) is 4.98 Å². The topological polar surface area (TPSA) is 51.0 Å². The first-order chi connectivity index (χ1) is 9.78. The molecule has 1 unspecified atom stereocenters. The third-order valence-electron chi connectivity index (χ3n) is 5.28. The maximum absolute atomic E-state index is 5.52. The van der Waals surface area contributed by atoms with E-state index in [-0.39, 0.29) is 0 Å². The Hall–Kier alpha value is -0.900. The first kappa shape index (κ1) is 14.1. The number of nitrogens with one attached hydrogen (secondary N) is 1. The van der Waals surface area contributed by atoms with Crippen molar-refractivity contribution >= 4 is 0 Å². The van der Waals surface area contributed by atoms with E-state index in [9.17, 15) is 0 Å². The molecule has 2 heterocycles. The number of nitrogens with zero attached hydrogens (tertiary/aromatic N) is 2. The Morgan fingerprint density at radius 1 is 1.25 bits per heavy atom. The second kappa shape index (κ2) is 6.25. The lowest BCUT2D eigenvalue weighted by Crippen LogP contribution is -2.44. The fourth-order valence-corrected chi connectivity index (χ4v) is 3.58. The molecule has 2 aliphatic rings. The van der Waals surface area contributed by atoms with Crippen molar-refractivity contribution in [3.8, 4) is 0 Å². The Labute approximate surface area is 121 Å². The van der Waals surface area contributed by atoms with Gasteiger partial charge < -0.3 is 9.84 Å². The Morgan fingerprint density at radius 3 is 2.60 bits per heavy atom. The molecule has 1 saturated heterocycles. The van der Waals surface area contributed by atoms with Crippen molar-refractivity contribution in [1.29, 1.82) is 0 Å². The molecule has 1 atom stereocenters. The predicted molar refractivity (Wildman–Crippen MR) is 78.7 cm³/mol. The lowest BCUT2D eigenvalue weighted by Gasteiger charge is -2.30. The number of hydrogen-bond donors (Lipinski definition) is 1. The summed E-state index contributed by atoms with van der Waals surface area (Å²) in [5.74, 6) is 4.35. The fraction of sp³-hybridized carbons (Fsp3) is 0.875. The molecule has 112 valence electrons. The second-order valence-corrected chi connectivity index (χ2v) is 6.70. The zero-order valence-electron chi connectivity index (χ0n) is 12.8. The van der Waals surface area contributed by atoms with E-state index >= 15 is 0 Å². The third-order valence-corrected chi connectivity index (χ3v) is 5.28. The van der Waals surface area contributed by atoms with Gasteiger partial charge in [-0.05, 0) is 50.6 Å². The number of hydrogen-bond acceptors (Lipinski definition) is 4. The molecule has 4 nitrogen and oxygen atoms in total. The van der Waals surface area contributed by atoms with Crippen LogP contribution in [0.4, 0.5) is 0 Å². The lowest BCUT2D eigenvalue weighted by molar-refractivity contribution is 0.250. The minimum absolute atomic E-state index is 0.397. The zero-order valence-corrected chi connectivity index (χ0v) is 12.8. The molecule has 1 N–H and O–H groups in total. The highest BCUT2D eigenvalue weighted by atomic mass is 16.5. The van der Waals surface area contributed by atoms with Gasteiger partial charge in [-0.25, -0.2) is 0 Å². The molecule has 4 heteroatoms. The van der Waals surface area contributed by atoms with E-state index in [1.165, 1.54) is 38.5 Å². The van der Waals surface area contributed by atoms with Crippen LogP contribution in [0, 0.1) is 11.8 Å². The molecular formula is C16H27N3O. The number of rotatable bonds is 5. The van der Waals surface area contributed by atoms with Gasteiger partial charge >= 0.3 is 0 Å². The summed E-state index contributed by atoms with van der Waals surface area (Å²) in [6, 6.07) is 0. The molecule has 1 aromatic rings. The van der Waals surface area contributed by atoms with Crippen LogP contribution in [-0.2, 0) is 0 Å². The molecule has 0 amide bonds. The molecule has 1 aliphatic carbocycles. The quantitative estimate of drug-likeness (QED) is 0.895. The zero-order chi connectivity index (χ0) is 13.9. The second-order valence-electron chi connectivity index (χ2n) is 6.70. The first-order valence-corrected chi connectivity index (χ1v) is 8.32. The van der Waals surface area contributed by atoms with Crippen LogP contribution < -0.4 is 5.32 Å². The van der Waals surface area contributed by atoms with Crippen LogP contribution >= 0.6 is 0 Å². The summed E-state index contributed by atoms with van der Waals surface area (Å²) in [7, 11) is 0. The van der Waals surface area contributed by atoms with Crippen LogP contribution in [-0.4, -0.2) is 23.2 Å². The summed E-state index contributed by atoms with van der Waals surface area (Å²) in [5, 5.41) is 7.58. The molecule has 0 bridgehead atoms. The van der Waals surface area contributed by atoms with Crippen molar-refractivity contribution in [3.05, 3.63) is 11.7 Å². The molecular weight excluding hydrogens is 250 g/mol. The summed E-state index contributed by atoms with van der Waals surface area (Å²) in [5.41, 5.74) is 0. The van der Waals surface area contributed by atoms with E-state index in [0.717, 1.165) is 30.7 Å². The third kappa shape index (κ3) is 2.90. The highest BCUT2D eigenvalue weighted by Crippen LogP contribution is 2.37. The molecule has 1 aromatic heterocycles. The molecule has 3 rings (SSSR count). The fourth-order valence-electron chi connectivity index (χ4n) is 3.58. The number of aromatic nitrogens is 2. The molecule has 0 radical (unpaired) electrons. The van der Waals surface area contributed by atoms with Crippen molar-refractivity contribution in [2.24, 2.45) is 11.8 Å². The van der Waals surface area contributed by atoms with Gasteiger partial charge in [0.25, 0.3) is 0 Å². The van der Waals surface area contributed by atoms with Gasteiger partial charge in [-0.15, -0.1) is 0 Å². The van der Waals surface area contributed by atoms with Crippen LogP contribution in [0.25, 0.3) is 0 Å². The van der Waals surface area contributed by atoms with Gasteiger partial charge in [0.1, 0.15) is 0 Å². The maximum Gasteiger partial charge on any atom is 0.229 e. The predicted octanol–water partition coefficient (Wildman–Crippen LogP) is 3.47. The van der Waals surface area contributed by atoms with E-state index in [1.807, 2.05) is 0 Å². The van der Waals surface area contributed by atoms with Gasteiger partial charge in [0.05, 0.1) is 0 Å². The molecule has 0 aromatic carbocycles. The van der Waals surface area contributed by atoms with E-state index in [0.29, 0.717) is 17.8 Å². The van der Waals surface area contributed by atoms with Crippen LogP contribution in [0.3, 0.4) is 0 Å². The van der Waals surface area contributed by atoms with E-state index in [2.05, 4.69) is 24.3 Å². The van der Waals surface area contributed by atoms with E-state index < -0.39 is 0 Å². The molecule has 0 spiro atoms. The van der Waals surface area contributed by atoms with Crippen molar-refractivity contribution in [1.82, 2.24) is 15.5 Å². The monoisotopic (exact) mass is 277 g/mol. The van der Waals surface area contributed by atoms with Crippen molar-refractivity contribution in [2.75, 3.05) is 13.1 Å². The Kier molecular flexibility index (Phi) is 4.39. The van der Waals surface area contributed by atoms with Gasteiger partial charge in [0, 0.05) is 11.8 Å². The Bertz CT molecular complexity index is 419.